The maximum atomic E-state index is 12.5. The van der Waals surface area contributed by atoms with Crippen LogP contribution in [0.4, 0.5) is 11.4 Å². The SMILES string of the molecule is CS(=O)(=O)c1cccc(C(=O)Nc2ccc(NC(=O)c3cc(Cl)cc(Cl)c3)cc2Cl)c1. The van der Waals surface area contributed by atoms with Gasteiger partial charge in [-0.3, -0.25) is 9.59 Å². The minimum Gasteiger partial charge on any atom is -0.322 e. The summed E-state index contributed by atoms with van der Waals surface area (Å²) in [6, 6.07) is 14.7. The van der Waals surface area contributed by atoms with E-state index in [1.165, 1.54) is 54.6 Å². The molecular formula is C21H15Cl3N2O4S. The molecule has 0 radical (unpaired) electrons. The number of nitrogens with one attached hydrogen (secondary N) is 2. The Hall–Kier alpha value is -2.58. The van der Waals surface area contributed by atoms with Gasteiger partial charge in [0.25, 0.3) is 11.8 Å². The molecule has 0 unspecified atom stereocenters. The van der Waals surface area contributed by atoms with Crippen molar-refractivity contribution in [3.05, 3.63) is 86.9 Å². The number of hydrogen-bond donors (Lipinski definition) is 2. The van der Waals surface area contributed by atoms with Crippen molar-refractivity contribution in [3.63, 3.8) is 0 Å². The number of amides is 2. The molecule has 0 aliphatic carbocycles. The minimum atomic E-state index is -3.45. The second-order valence-corrected chi connectivity index (χ2v) is 9.86. The Balaban J connectivity index is 1.75. The lowest BCUT2D eigenvalue weighted by Crippen LogP contribution is -2.14. The third-order valence-corrected chi connectivity index (χ3v) is 5.98. The molecule has 0 aliphatic rings. The summed E-state index contributed by atoms with van der Waals surface area (Å²) in [4.78, 5) is 24.9. The first-order valence-electron chi connectivity index (χ1n) is 8.71. The first-order valence-corrected chi connectivity index (χ1v) is 11.7. The Kier molecular flexibility index (Phi) is 6.91. The first-order chi connectivity index (χ1) is 14.5. The summed E-state index contributed by atoms with van der Waals surface area (Å²) < 4.78 is 23.4. The van der Waals surface area contributed by atoms with Crippen molar-refractivity contribution in [2.24, 2.45) is 0 Å². The van der Waals surface area contributed by atoms with Crippen LogP contribution < -0.4 is 10.6 Å². The molecule has 3 aromatic carbocycles. The lowest BCUT2D eigenvalue weighted by molar-refractivity contribution is 0.101. The third-order valence-electron chi connectivity index (χ3n) is 4.12. The number of carbonyl (C=O) groups excluding carboxylic acids is 2. The van der Waals surface area contributed by atoms with Crippen LogP contribution >= 0.6 is 34.8 Å². The summed E-state index contributed by atoms with van der Waals surface area (Å²) in [5.41, 5.74) is 1.12. The van der Waals surface area contributed by atoms with E-state index in [2.05, 4.69) is 10.6 Å². The molecule has 3 rings (SSSR count). The highest BCUT2D eigenvalue weighted by Crippen LogP contribution is 2.27. The van der Waals surface area contributed by atoms with Crippen molar-refractivity contribution in [1.82, 2.24) is 0 Å². The fraction of sp³-hybridized carbons (Fsp3) is 0.0476. The average Bonchev–Trinajstić information content (AvgIpc) is 2.68. The maximum absolute atomic E-state index is 12.5. The average molecular weight is 498 g/mol. The topological polar surface area (TPSA) is 92.3 Å². The van der Waals surface area contributed by atoms with Crippen molar-refractivity contribution in [1.29, 1.82) is 0 Å². The minimum absolute atomic E-state index is 0.0328. The lowest BCUT2D eigenvalue weighted by atomic mass is 10.2. The van der Waals surface area contributed by atoms with E-state index in [-0.39, 0.29) is 21.0 Å². The van der Waals surface area contributed by atoms with Crippen LogP contribution in [0.1, 0.15) is 20.7 Å². The molecule has 160 valence electrons. The molecule has 0 saturated carbocycles. The van der Waals surface area contributed by atoms with Gasteiger partial charge in [0.1, 0.15) is 0 Å². The van der Waals surface area contributed by atoms with E-state index in [1.807, 2.05) is 0 Å². The lowest BCUT2D eigenvalue weighted by Gasteiger charge is -2.11. The summed E-state index contributed by atoms with van der Waals surface area (Å²) in [7, 11) is -3.45. The Bertz CT molecular complexity index is 1270. The van der Waals surface area contributed by atoms with Crippen LogP contribution in [0.15, 0.2) is 65.6 Å². The van der Waals surface area contributed by atoms with Gasteiger partial charge in [0, 0.05) is 33.1 Å². The highest BCUT2D eigenvalue weighted by Gasteiger charge is 2.14. The third kappa shape index (κ3) is 5.98. The fourth-order valence-corrected chi connectivity index (χ4v) is 4.07. The van der Waals surface area contributed by atoms with E-state index in [0.717, 1.165) is 6.26 Å². The van der Waals surface area contributed by atoms with E-state index >= 15 is 0 Å². The fourth-order valence-electron chi connectivity index (χ4n) is 2.64. The smallest absolute Gasteiger partial charge is 0.255 e. The van der Waals surface area contributed by atoms with Gasteiger partial charge in [-0.1, -0.05) is 40.9 Å². The molecule has 0 aliphatic heterocycles. The van der Waals surface area contributed by atoms with Gasteiger partial charge in [-0.25, -0.2) is 8.42 Å². The molecule has 0 heterocycles. The summed E-state index contributed by atoms with van der Waals surface area (Å²) in [6.07, 6.45) is 1.06. The summed E-state index contributed by atoms with van der Waals surface area (Å²) >= 11 is 18.1. The van der Waals surface area contributed by atoms with Crippen molar-refractivity contribution in [2.45, 2.75) is 4.90 Å². The van der Waals surface area contributed by atoms with Gasteiger partial charge in [0.2, 0.25) is 0 Å². The number of rotatable bonds is 5. The van der Waals surface area contributed by atoms with Crippen LogP contribution in [-0.4, -0.2) is 26.5 Å². The molecule has 6 nitrogen and oxygen atoms in total. The van der Waals surface area contributed by atoms with Crippen molar-refractivity contribution in [2.75, 3.05) is 16.9 Å². The number of carbonyl (C=O) groups is 2. The van der Waals surface area contributed by atoms with Gasteiger partial charge in [-0.15, -0.1) is 0 Å². The number of hydrogen-bond acceptors (Lipinski definition) is 4. The number of benzene rings is 3. The van der Waals surface area contributed by atoms with Gasteiger partial charge < -0.3 is 10.6 Å². The van der Waals surface area contributed by atoms with Gasteiger partial charge in [-0.05, 0) is 54.6 Å². The van der Waals surface area contributed by atoms with Crippen LogP contribution in [0.25, 0.3) is 0 Å². The Labute approximate surface area is 194 Å². The molecule has 0 aromatic heterocycles. The van der Waals surface area contributed by atoms with Gasteiger partial charge in [0.15, 0.2) is 9.84 Å². The molecule has 10 heteroatoms. The van der Waals surface area contributed by atoms with Crippen LogP contribution in [-0.2, 0) is 9.84 Å². The predicted octanol–water partition coefficient (Wildman–Crippen LogP) is 5.55. The second kappa shape index (κ2) is 9.28. The Morgan fingerprint density at radius 3 is 2.03 bits per heavy atom. The first kappa shape index (κ1) is 23.1. The molecule has 31 heavy (non-hydrogen) atoms. The highest BCUT2D eigenvalue weighted by molar-refractivity contribution is 7.90. The zero-order valence-electron chi connectivity index (χ0n) is 15.9. The summed E-state index contributed by atoms with van der Waals surface area (Å²) in [5, 5.41) is 6.12. The second-order valence-electron chi connectivity index (χ2n) is 6.56. The number of sulfone groups is 1. The Morgan fingerprint density at radius 2 is 1.42 bits per heavy atom. The summed E-state index contributed by atoms with van der Waals surface area (Å²) in [6.45, 7) is 0. The molecule has 0 spiro atoms. The molecule has 0 saturated heterocycles. The van der Waals surface area contributed by atoms with Crippen molar-refractivity contribution >= 4 is 67.8 Å². The van der Waals surface area contributed by atoms with Gasteiger partial charge >= 0.3 is 0 Å². The normalized spacial score (nSPS) is 11.1. The van der Waals surface area contributed by atoms with E-state index in [4.69, 9.17) is 34.8 Å². The molecule has 0 atom stereocenters. The maximum Gasteiger partial charge on any atom is 0.255 e. The predicted molar refractivity (Wildman–Crippen MR) is 123 cm³/mol. The zero-order valence-corrected chi connectivity index (χ0v) is 19.0. The van der Waals surface area contributed by atoms with Crippen LogP contribution in [0.3, 0.4) is 0 Å². The molecule has 2 amide bonds. The largest absolute Gasteiger partial charge is 0.322 e. The highest BCUT2D eigenvalue weighted by atomic mass is 35.5. The monoisotopic (exact) mass is 496 g/mol. The van der Waals surface area contributed by atoms with E-state index in [1.54, 1.807) is 6.07 Å². The van der Waals surface area contributed by atoms with E-state index in [9.17, 15) is 18.0 Å². The van der Waals surface area contributed by atoms with Gasteiger partial charge in [-0.2, -0.15) is 0 Å². The van der Waals surface area contributed by atoms with Crippen molar-refractivity contribution < 1.29 is 18.0 Å². The van der Waals surface area contributed by atoms with Crippen molar-refractivity contribution in [3.8, 4) is 0 Å². The van der Waals surface area contributed by atoms with Crippen LogP contribution in [0.2, 0.25) is 15.1 Å². The molecule has 0 fully saturated rings. The van der Waals surface area contributed by atoms with Gasteiger partial charge in [0.05, 0.1) is 15.6 Å². The summed E-state index contributed by atoms with van der Waals surface area (Å²) in [5.74, 6) is -0.965. The van der Waals surface area contributed by atoms with Crippen LogP contribution in [0.5, 0.6) is 0 Å². The quantitative estimate of drug-likeness (QED) is 0.483. The molecular weight excluding hydrogens is 483 g/mol. The number of halogens is 3. The Morgan fingerprint density at radius 1 is 0.774 bits per heavy atom. The number of anilines is 2. The molecule has 3 aromatic rings. The van der Waals surface area contributed by atoms with E-state index < -0.39 is 21.7 Å². The van der Waals surface area contributed by atoms with E-state index in [0.29, 0.717) is 21.4 Å². The molecule has 2 N–H and O–H groups in total. The molecule has 0 bridgehead atoms. The zero-order chi connectivity index (χ0) is 22.8. The van der Waals surface area contributed by atoms with Crippen LogP contribution in [0, 0.1) is 0 Å². The standard InChI is InChI=1S/C21H15Cl3N2O4S/c1-31(29,30)17-4-2-3-12(9-17)20(27)26-19-6-5-16(11-18(19)24)25-21(28)13-7-14(22)10-15(23)8-13/h2-11H,1H3,(H,25,28)(H,26,27).